The molecule has 1 aliphatic rings. The zero-order chi connectivity index (χ0) is 17.2. The number of hydrogen-bond donors (Lipinski definition) is 1. The first-order chi connectivity index (χ1) is 11.5. The Morgan fingerprint density at radius 2 is 1.88 bits per heavy atom. The van der Waals surface area contributed by atoms with Crippen molar-refractivity contribution in [2.24, 2.45) is 5.73 Å². The number of nitrogens with two attached hydrogens (primary N) is 1. The summed E-state index contributed by atoms with van der Waals surface area (Å²) in [6, 6.07) is 16.2. The number of hydrogen-bond acceptors (Lipinski definition) is 4. The summed E-state index contributed by atoms with van der Waals surface area (Å²) in [5, 5.41) is 8.95. The van der Waals surface area contributed by atoms with Crippen molar-refractivity contribution < 1.29 is 8.42 Å². The van der Waals surface area contributed by atoms with Gasteiger partial charge < -0.3 is 5.73 Å². The van der Waals surface area contributed by atoms with Crippen molar-refractivity contribution in [1.82, 2.24) is 4.31 Å². The second kappa shape index (κ2) is 6.73. The lowest BCUT2D eigenvalue weighted by molar-refractivity contribution is 0.401. The maximum absolute atomic E-state index is 13.1. The maximum Gasteiger partial charge on any atom is 0.243 e. The molecule has 0 bridgehead atoms. The normalized spacial score (nSPS) is 18.4. The van der Waals surface area contributed by atoms with E-state index in [1.165, 1.54) is 4.31 Å². The highest BCUT2D eigenvalue weighted by atomic mass is 32.2. The van der Waals surface area contributed by atoms with Crippen molar-refractivity contribution in [2.75, 3.05) is 13.1 Å². The molecular weight excluding hydrogens is 322 g/mol. The molecule has 2 N–H and O–H groups in total. The van der Waals surface area contributed by atoms with E-state index in [0.29, 0.717) is 18.5 Å². The van der Waals surface area contributed by atoms with Crippen LogP contribution in [0.5, 0.6) is 0 Å². The van der Waals surface area contributed by atoms with E-state index in [-0.39, 0.29) is 23.9 Å². The predicted octanol–water partition coefficient (Wildman–Crippen LogP) is 2.00. The van der Waals surface area contributed by atoms with Gasteiger partial charge in [-0.3, -0.25) is 0 Å². The van der Waals surface area contributed by atoms with Gasteiger partial charge in [0.15, 0.2) is 0 Å². The molecule has 1 unspecified atom stereocenters. The van der Waals surface area contributed by atoms with Crippen LogP contribution in [0.1, 0.15) is 22.7 Å². The van der Waals surface area contributed by atoms with Crippen molar-refractivity contribution in [3.63, 3.8) is 0 Å². The summed E-state index contributed by atoms with van der Waals surface area (Å²) >= 11 is 0. The molecule has 2 aromatic rings. The Balaban J connectivity index is 1.96. The molecule has 0 aromatic heterocycles. The molecule has 5 nitrogen and oxygen atoms in total. The molecule has 1 aliphatic heterocycles. The molecule has 0 fully saturated rings. The number of fused-ring (bicyclic) bond motifs is 1. The quantitative estimate of drug-likeness (QED) is 0.925. The Labute approximate surface area is 142 Å². The molecule has 0 saturated carbocycles. The molecule has 0 amide bonds. The molecule has 0 aliphatic carbocycles. The third-order valence-electron chi connectivity index (χ3n) is 4.35. The Kier molecular flexibility index (Phi) is 4.67. The molecular formula is C18H19N3O2S. The highest BCUT2D eigenvalue weighted by Crippen LogP contribution is 2.27. The first-order valence-corrected chi connectivity index (χ1v) is 9.26. The fourth-order valence-corrected chi connectivity index (χ4v) is 4.81. The first kappa shape index (κ1) is 16.7. The number of sulfonamides is 1. The van der Waals surface area contributed by atoms with Crippen LogP contribution in [0.25, 0.3) is 0 Å². The highest BCUT2D eigenvalue weighted by molar-refractivity contribution is 7.89. The Morgan fingerprint density at radius 3 is 2.67 bits per heavy atom. The van der Waals surface area contributed by atoms with Crippen LogP contribution in [0.2, 0.25) is 0 Å². The van der Waals surface area contributed by atoms with Gasteiger partial charge in [0.05, 0.1) is 17.4 Å². The number of nitriles is 1. The summed E-state index contributed by atoms with van der Waals surface area (Å²) in [6.07, 6.45) is 0.693. The van der Waals surface area contributed by atoms with Crippen molar-refractivity contribution in [3.05, 3.63) is 65.2 Å². The van der Waals surface area contributed by atoms with Crippen molar-refractivity contribution in [3.8, 4) is 6.07 Å². The minimum Gasteiger partial charge on any atom is -0.323 e. The monoisotopic (exact) mass is 341 g/mol. The van der Waals surface area contributed by atoms with Gasteiger partial charge in [-0.15, -0.1) is 0 Å². The molecule has 0 radical (unpaired) electrons. The van der Waals surface area contributed by atoms with E-state index in [0.717, 1.165) is 11.1 Å². The fraction of sp³-hybridized carbons (Fsp3) is 0.278. The molecule has 0 spiro atoms. The zero-order valence-corrected chi connectivity index (χ0v) is 14.0. The summed E-state index contributed by atoms with van der Waals surface area (Å²) in [7, 11) is -3.69. The first-order valence-electron chi connectivity index (χ1n) is 7.82. The topological polar surface area (TPSA) is 87.2 Å². The van der Waals surface area contributed by atoms with Crippen LogP contribution >= 0.6 is 0 Å². The van der Waals surface area contributed by atoms with Crippen LogP contribution in [0.4, 0.5) is 0 Å². The average Bonchev–Trinajstić information content (AvgIpc) is 2.76. The van der Waals surface area contributed by atoms with Gasteiger partial charge in [0, 0.05) is 19.1 Å². The van der Waals surface area contributed by atoms with Crippen LogP contribution in [0, 0.1) is 11.3 Å². The van der Waals surface area contributed by atoms with Crippen LogP contribution in [-0.2, 0) is 22.9 Å². The van der Waals surface area contributed by atoms with Crippen LogP contribution in [0.15, 0.2) is 53.4 Å². The minimum atomic E-state index is -3.69. The summed E-state index contributed by atoms with van der Waals surface area (Å²) in [5.41, 5.74) is 8.86. The van der Waals surface area contributed by atoms with Gasteiger partial charge in [0.1, 0.15) is 0 Å². The van der Waals surface area contributed by atoms with E-state index < -0.39 is 10.0 Å². The fourth-order valence-electron chi connectivity index (χ4n) is 3.12. The lowest BCUT2D eigenvalue weighted by atomic mass is 10.0. The SMILES string of the molecule is N#CCc1ccccc1S(=O)(=O)N1CCc2ccccc2C(N)C1. The molecule has 3 rings (SSSR count). The Morgan fingerprint density at radius 1 is 1.17 bits per heavy atom. The lowest BCUT2D eigenvalue weighted by Crippen LogP contribution is -2.37. The molecule has 0 saturated heterocycles. The largest absolute Gasteiger partial charge is 0.323 e. The van der Waals surface area contributed by atoms with Gasteiger partial charge in [0.25, 0.3) is 0 Å². The summed E-state index contributed by atoms with van der Waals surface area (Å²) in [6.45, 7) is 0.619. The van der Waals surface area contributed by atoms with Gasteiger partial charge in [0.2, 0.25) is 10.0 Å². The van der Waals surface area contributed by atoms with Gasteiger partial charge in [-0.1, -0.05) is 42.5 Å². The second-order valence-corrected chi connectivity index (χ2v) is 7.77. The van der Waals surface area contributed by atoms with Gasteiger partial charge in [-0.25, -0.2) is 8.42 Å². The van der Waals surface area contributed by atoms with Crippen molar-refractivity contribution in [1.29, 1.82) is 5.26 Å². The van der Waals surface area contributed by atoms with Gasteiger partial charge >= 0.3 is 0 Å². The standard InChI is InChI=1S/C18H19N3O2S/c19-11-9-15-6-2-4-8-18(15)24(22,23)21-12-10-14-5-1-3-7-16(14)17(20)13-21/h1-8,17H,9-10,12-13,20H2. The minimum absolute atomic E-state index is 0.0650. The number of benzene rings is 2. The van der Waals surface area contributed by atoms with E-state index in [9.17, 15) is 8.42 Å². The smallest absolute Gasteiger partial charge is 0.243 e. The number of nitrogens with zero attached hydrogens (tertiary/aromatic N) is 2. The summed E-state index contributed by atoms with van der Waals surface area (Å²) in [4.78, 5) is 0.199. The van der Waals surface area contributed by atoms with Crippen LogP contribution in [0.3, 0.4) is 0 Å². The maximum atomic E-state index is 13.1. The van der Waals surface area contributed by atoms with E-state index in [1.807, 2.05) is 30.3 Å². The lowest BCUT2D eigenvalue weighted by Gasteiger charge is -2.23. The third-order valence-corrected chi connectivity index (χ3v) is 6.31. The molecule has 1 atom stereocenters. The highest BCUT2D eigenvalue weighted by Gasteiger charge is 2.31. The van der Waals surface area contributed by atoms with E-state index in [4.69, 9.17) is 11.0 Å². The second-order valence-electron chi connectivity index (χ2n) is 5.86. The Bertz CT molecular complexity index is 887. The average molecular weight is 341 g/mol. The predicted molar refractivity (Wildman–Crippen MR) is 91.6 cm³/mol. The van der Waals surface area contributed by atoms with Crippen LogP contribution < -0.4 is 5.73 Å². The van der Waals surface area contributed by atoms with Crippen LogP contribution in [-0.4, -0.2) is 25.8 Å². The van der Waals surface area contributed by atoms with Gasteiger partial charge in [-0.05, 0) is 29.2 Å². The van der Waals surface area contributed by atoms with Crippen molar-refractivity contribution >= 4 is 10.0 Å². The number of rotatable bonds is 3. The molecule has 1 heterocycles. The molecule has 6 heteroatoms. The molecule has 124 valence electrons. The van der Waals surface area contributed by atoms with E-state index >= 15 is 0 Å². The summed E-state index contributed by atoms with van der Waals surface area (Å²) in [5.74, 6) is 0. The molecule has 24 heavy (non-hydrogen) atoms. The van der Waals surface area contributed by atoms with E-state index in [2.05, 4.69) is 0 Å². The Hall–Kier alpha value is -2.20. The summed E-state index contributed by atoms with van der Waals surface area (Å²) < 4.78 is 27.6. The zero-order valence-electron chi connectivity index (χ0n) is 13.2. The third kappa shape index (κ3) is 3.06. The van der Waals surface area contributed by atoms with E-state index in [1.54, 1.807) is 24.3 Å². The molecule has 2 aromatic carbocycles. The van der Waals surface area contributed by atoms with Gasteiger partial charge in [-0.2, -0.15) is 9.57 Å². The van der Waals surface area contributed by atoms with Crippen molar-refractivity contribution in [2.45, 2.75) is 23.8 Å².